The molecule has 4 rings (SSSR count). The lowest BCUT2D eigenvalue weighted by atomic mass is 9.80. The van der Waals surface area contributed by atoms with Gasteiger partial charge >= 0.3 is 6.18 Å². The summed E-state index contributed by atoms with van der Waals surface area (Å²) in [6.45, 7) is 7.30. The predicted molar refractivity (Wildman–Crippen MR) is 121 cm³/mol. The smallest absolute Gasteiger partial charge is 0.431 e. The Labute approximate surface area is 197 Å². The van der Waals surface area contributed by atoms with Crippen LogP contribution in [0.15, 0.2) is 24.3 Å². The number of aryl methyl sites for hydroxylation is 1. The number of alkyl halides is 3. The molecule has 2 aliphatic rings. The zero-order valence-corrected chi connectivity index (χ0v) is 20.1. The van der Waals surface area contributed by atoms with Gasteiger partial charge in [-0.25, -0.2) is 0 Å². The summed E-state index contributed by atoms with van der Waals surface area (Å²) in [4.78, 5) is 17.1. The van der Waals surface area contributed by atoms with Crippen LogP contribution in [0, 0.1) is 6.92 Å². The zero-order valence-electron chi connectivity index (χ0n) is 19.3. The average molecular weight is 484 g/mol. The molecule has 180 valence electrons. The Morgan fingerprint density at radius 2 is 1.79 bits per heavy atom. The topological polar surface area (TPSA) is 37.7 Å². The van der Waals surface area contributed by atoms with Gasteiger partial charge in [-0.3, -0.25) is 9.69 Å². The van der Waals surface area contributed by atoms with Crippen molar-refractivity contribution in [2.45, 2.75) is 58.0 Å². The summed E-state index contributed by atoms with van der Waals surface area (Å²) >= 11 is 6.31. The van der Waals surface area contributed by atoms with Gasteiger partial charge in [-0.1, -0.05) is 11.6 Å². The Morgan fingerprint density at radius 3 is 2.36 bits per heavy atom. The minimum atomic E-state index is -4.39. The van der Waals surface area contributed by atoms with Gasteiger partial charge in [-0.15, -0.1) is 0 Å². The van der Waals surface area contributed by atoms with E-state index in [1.807, 2.05) is 20.9 Å². The summed E-state index contributed by atoms with van der Waals surface area (Å²) in [5.41, 5.74) is 0.757. The number of likely N-dealkylation sites (N-methyl/N-ethyl adjacent to an activating group) is 1. The van der Waals surface area contributed by atoms with Gasteiger partial charge in [0.05, 0.1) is 16.7 Å². The Kier molecular flexibility index (Phi) is 6.20. The van der Waals surface area contributed by atoms with E-state index >= 15 is 0 Å². The number of halogens is 4. The van der Waals surface area contributed by atoms with Crippen LogP contribution in [0.4, 0.5) is 13.2 Å². The number of nitrogens with zero attached hydrogens (tertiary/aromatic N) is 3. The van der Waals surface area contributed by atoms with Crippen molar-refractivity contribution in [1.29, 1.82) is 0 Å². The van der Waals surface area contributed by atoms with E-state index in [0.717, 1.165) is 5.69 Å². The molecule has 1 aromatic heterocycles. The van der Waals surface area contributed by atoms with Gasteiger partial charge in [-0.2, -0.15) is 13.2 Å². The van der Waals surface area contributed by atoms with E-state index < -0.39 is 17.4 Å². The quantitative estimate of drug-likeness (QED) is 0.592. The molecule has 0 bridgehead atoms. The lowest BCUT2D eigenvalue weighted by Crippen LogP contribution is -2.57. The summed E-state index contributed by atoms with van der Waals surface area (Å²) in [5, 5.41) is 0.378. The molecule has 2 aromatic rings. The molecule has 9 heteroatoms. The number of benzene rings is 1. The lowest BCUT2D eigenvalue weighted by Gasteiger charge is -2.51. The normalized spacial score (nSPS) is 18.6. The van der Waals surface area contributed by atoms with Gasteiger partial charge in [0.15, 0.2) is 0 Å². The highest BCUT2D eigenvalue weighted by atomic mass is 35.5. The standard InChI is InChI=1S/C24H29ClF3N3O2/c1-15(2)33-19-6-5-17(14-18(19)25)22(32)30-9-7-23(8-10-30)21-16(3)13-20(24(26,27)28)31(21)12-11-29(23)4/h5-6,13-15H,7-12H2,1-4H3. The zero-order chi connectivity index (χ0) is 24.1. The highest BCUT2D eigenvalue weighted by Crippen LogP contribution is 2.45. The summed E-state index contributed by atoms with van der Waals surface area (Å²) in [6.07, 6.45) is -3.28. The highest BCUT2D eigenvalue weighted by Gasteiger charge is 2.48. The fraction of sp³-hybridized carbons (Fsp3) is 0.542. The number of hydrogen-bond donors (Lipinski definition) is 0. The Balaban J connectivity index is 1.56. The summed E-state index contributed by atoms with van der Waals surface area (Å²) < 4.78 is 47.9. The van der Waals surface area contributed by atoms with Crippen molar-refractivity contribution in [1.82, 2.24) is 14.4 Å². The molecule has 2 aliphatic heterocycles. The minimum absolute atomic E-state index is 0.0323. The molecule has 1 fully saturated rings. The largest absolute Gasteiger partial charge is 0.489 e. The molecular formula is C24H29ClF3N3O2. The molecule has 33 heavy (non-hydrogen) atoms. The lowest BCUT2D eigenvalue weighted by molar-refractivity contribution is -0.144. The fourth-order valence-electron chi connectivity index (χ4n) is 5.28. The van der Waals surface area contributed by atoms with Crippen molar-refractivity contribution in [2.24, 2.45) is 0 Å². The summed E-state index contributed by atoms with van der Waals surface area (Å²) in [6, 6.07) is 6.28. The fourth-order valence-corrected chi connectivity index (χ4v) is 5.50. The van der Waals surface area contributed by atoms with Gasteiger partial charge in [0, 0.05) is 37.4 Å². The second-order valence-electron chi connectivity index (χ2n) is 9.27. The average Bonchev–Trinajstić information content (AvgIpc) is 3.10. The van der Waals surface area contributed by atoms with Gasteiger partial charge < -0.3 is 14.2 Å². The number of hydrogen-bond acceptors (Lipinski definition) is 3. The molecule has 1 amide bonds. The van der Waals surface area contributed by atoms with Crippen molar-refractivity contribution in [3.05, 3.63) is 51.8 Å². The molecule has 0 atom stereocenters. The molecule has 1 saturated heterocycles. The first kappa shape index (κ1) is 24.0. The number of carbonyl (C=O) groups excluding carboxylic acids is 1. The predicted octanol–water partition coefficient (Wildman–Crippen LogP) is 5.33. The molecule has 5 nitrogen and oxygen atoms in total. The number of rotatable bonds is 3. The molecule has 0 N–H and O–H groups in total. The third-order valence-electron chi connectivity index (χ3n) is 6.83. The van der Waals surface area contributed by atoms with E-state index in [-0.39, 0.29) is 12.0 Å². The van der Waals surface area contributed by atoms with E-state index in [1.165, 1.54) is 10.6 Å². The SMILES string of the molecule is Cc1cc(C(F)(F)F)n2c1C1(CCN(C(=O)c3ccc(OC(C)C)c(Cl)c3)CC1)N(C)CC2. The van der Waals surface area contributed by atoms with Crippen molar-refractivity contribution >= 4 is 17.5 Å². The van der Waals surface area contributed by atoms with Crippen molar-refractivity contribution in [3.8, 4) is 5.75 Å². The van der Waals surface area contributed by atoms with E-state index in [9.17, 15) is 18.0 Å². The maximum absolute atomic E-state index is 13.6. The number of fused-ring (bicyclic) bond motifs is 2. The summed E-state index contributed by atoms with van der Waals surface area (Å²) in [7, 11) is 1.97. The van der Waals surface area contributed by atoms with E-state index in [2.05, 4.69) is 4.90 Å². The number of aromatic nitrogens is 1. The maximum Gasteiger partial charge on any atom is 0.431 e. The molecule has 0 unspecified atom stereocenters. The molecule has 1 aromatic carbocycles. The third kappa shape index (κ3) is 4.23. The summed E-state index contributed by atoms with van der Waals surface area (Å²) in [5.74, 6) is 0.394. The Hall–Kier alpha value is -2.19. The Morgan fingerprint density at radius 1 is 1.12 bits per heavy atom. The van der Waals surface area contributed by atoms with Crippen LogP contribution in [-0.4, -0.2) is 53.1 Å². The maximum atomic E-state index is 13.6. The van der Waals surface area contributed by atoms with Crippen molar-refractivity contribution in [3.63, 3.8) is 0 Å². The van der Waals surface area contributed by atoms with Crippen LogP contribution in [0.1, 0.15) is 54.0 Å². The van der Waals surface area contributed by atoms with Crippen LogP contribution in [0.25, 0.3) is 0 Å². The van der Waals surface area contributed by atoms with Crippen molar-refractivity contribution < 1.29 is 22.7 Å². The minimum Gasteiger partial charge on any atom is -0.489 e. The van der Waals surface area contributed by atoms with Crippen LogP contribution in [0.2, 0.25) is 5.02 Å². The van der Waals surface area contributed by atoms with E-state index in [1.54, 1.807) is 30.0 Å². The van der Waals surface area contributed by atoms with Gasteiger partial charge in [-0.05, 0) is 70.5 Å². The second-order valence-corrected chi connectivity index (χ2v) is 9.67. The molecule has 3 heterocycles. The third-order valence-corrected chi connectivity index (χ3v) is 7.12. The van der Waals surface area contributed by atoms with E-state index in [0.29, 0.717) is 60.9 Å². The first-order valence-electron chi connectivity index (χ1n) is 11.2. The number of ether oxygens (including phenoxy) is 1. The molecular weight excluding hydrogens is 455 g/mol. The molecule has 0 radical (unpaired) electrons. The van der Waals surface area contributed by atoms with Gasteiger partial charge in [0.1, 0.15) is 11.4 Å². The monoisotopic (exact) mass is 483 g/mol. The van der Waals surface area contributed by atoms with Gasteiger partial charge in [0.2, 0.25) is 0 Å². The number of amides is 1. The van der Waals surface area contributed by atoms with Crippen LogP contribution < -0.4 is 4.74 Å². The second kappa shape index (κ2) is 8.55. The molecule has 0 aliphatic carbocycles. The number of piperidine rings is 1. The van der Waals surface area contributed by atoms with Crippen LogP contribution in [0.5, 0.6) is 5.75 Å². The van der Waals surface area contributed by atoms with E-state index in [4.69, 9.17) is 16.3 Å². The van der Waals surface area contributed by atoms with Crippen LogP contribution >= 0.6 is 11.6 Å². The first-order chi connectivity index (χ1) is 15.4. The van der Waals surface area contributed by atoms with Crippen LogP contribution in [-0.2, 0) is 18.3 Å². The number of likely N-dealkylation sites (tertiary alicyclic amines) is 1. The Bertz CT molecular complexity index is 1060. The van der Waals surface area contributed by atoms with Crippen LogP contribution in [0.3, 0.4) is 0 Å². The highest BCUT2D eigenvalue weighted by molar-refractivity contribution is 6.32. The first-order valence-corrected chi connectivity index (χ1v) is 11.6. The molecule has 1 spiro atoms. The molecule has 0 saturated carbocycles. The van der Waals surface area contributed by atoms with Gasteiger partial charge in [0.25, 0.3) is 5.91 Å². The van der Waals surface area contributed by atoms with Crippen molar-refractivity contribution in [2.75, 3.05) is 26.7 Å². The number of carbonyl (C=O) groups is 1.